The summed E-state index contributed by atoms with van der Waals surface area (Å²) in [7, 11) is -1.12. The zero-order chi connectivity index (χ0) is 30.7. The van der Waals surface area contributed by atoms with Crippen LogP contribution in [0.25, 0.3) is 0 Å². The Hall–Kier alpha value is -3.33. The van der Waals surface area contributed by atoms with Crippen molar-refractivity contribution >= 4 is 31.0 Å². The van der Waals surface area contributed by atoms with Crippen molar-refractivity contribution in [2.75, 3.05) is 0 Å². The van der Waals surface area contributed by atoms with Crippen LogP contribution >= 0.6 is 8.15 Å². The van der Waals surface area contributed by atoms with E-state index in [4.69, 9.17) is 9.26 Å². The molecule has 1 saturated carbocycles. The van der Waals surface area contributed by atoms with Crippen molar-refractivity contribution in [3.05, 3.63) is 120 Å². The molecule has 4 atom stereocenters. The fraction of sp³-hybridized carbons (Fsp3) is 0.368. The van der Waals surface area contributed by atoms with E-state index in [2.05, 4.69) is 69.3 Å². The molecule has 0 bridgehead atoms. The Labute approximate surface area is 259 Å². The van der Waals surface area contributed by atoms with Gasteiger partial charge in [-0.2, -0.15) is 0 Å². The van der Waals surface area contributed by atoms with Gasteiger partial charge in [-0.25, -0.2) is 4.79 Å². The van der Waals surface area contributed by atoms with Crippen molar-refractivity contribution in [1.29, 1.82) is 0 Å². The zero-order valence-corrected chi connectivity index (χ0v) is 26.8. The molecule has 1 fully saturated rings. The third-order valence-corrected chi connectivity index (χ3v) is 10.6. The maximum Gasteiger partial charge on any atom is 0.330 e. The monoisotopic (exact) mass is 596 g/mol. The smallest absolute Gasteiger partial charge is 0.330 e. The maximum absolute atomic E-state index is 13.4. The fourth-order valence-corrected chi connectivity index (χ4v) is 7.85. The number of hydrogen-bond donors (Lipinski definition) is 0. The molecule has 1 aliphatic rings. The number of aldehydes is 1. The second kappa shape index (κ2) is 15.9. The van der Waals surface area contributed by atoms with Gasteiger partial charge >= 0.3 is 5.97 Å². The summed E-state index contributed by atoms with van der Waals surface area (Å²) in [6.07, 6.45) is 10.0. The minimum atomic E-state index is -1.12. The number of hydrogen-bond acceptors (Lipinski definition) is 4. The third kappa shape index (κ3) is 9.33. The van der Waals surface area contributed by atoms with Crippen molar-refractivity contribution in [2.45, 2.75) is 77.4 Å². The molecule has 3 aromatic rings. The summed E-state index contributed by atoms with van der Waals surface area (Å²) in [6.45, 7) is 8.59. The molecule has 4 nitrogen and oxygen atoms in total. The van der Waals surface area contributed by atoms with E-state index in [0.717, 1.165) is 36.2 Å². The van der Waals surface area contributed by atoms with E-state index >= 15 is 0 Å². The summed E-state index contributed by atoms with van der Waals surface area (Å²) in [6, 6.07) is 31.0. The van der Waals surface area contributed by atoms with E-state index in [9.17, 15) is 9.59 Å². The molecule has 0 N–H and O–H groups in total. The Morgan fingerprint density at radius 1 is 0.930 bits per heavy atom. The second-order valence-electron chi connectivity index (χ2n) is 12.2. The van der Waals surface area contributed by atoms with E-state index in [1.165, 1.54) is 5.56 Å². The SMILES string of the molecule is C/C(C=O)=C\CC[C@@H](/C=C\C(=O)O[C@@H]1C[C@H](C)CC[C@H]1C(C)(C)c1ccccc1)OP(c1ccccc1)c1ccccc1. The van der Waals surface area contributed by atoms with E-state index in [1.807, 2.05) is 54.6 Å². The molecular formula is C38H45O4P. The van der Waals surface area contributed by atoms with Gasteiger partial charge in [-0.15, -0.1) is 0 Å². The highest BCUT2D eigenvalue weighted by atomic mass is 31.1. The van der Waals surface area contributed by atoms with Crippen molar-refractivity contribution in [2.24, 2.45) is 11.8 Å². The van der Waals surface area contributed by atoms with Crippen LogP contribution in [0.3, 0.4) is 0 Å². The summed E-state index contributed by atoms with van der Waals surface area (Å²) in [4.78, 5) is 24.5. The van der Waals surface area contributed by atoms with Gasteiger partial charge in [0.2, 0.25) is 0 Å². The van der Waals surface area contributed by atoms with Gasteiger partial charge < -0.3 is 9.26 Å². The number of carbonyl (C=O) groups excluding carboxylic acids is 2. The van der Waals surface area contributed by atoms with E-state index in [1.54, 1.807) is 13.0 Å². The first-order chi connectivity index (χ1) is 20.8. The van der Waals surface area contributed by atoms with Gasteiger partial charge in [0.15, 0.2) is 0 Å². The number of benzene rings is 3. The maximum atomic E-state index is 13.4. The second-order valence-corrected chi connectivity index (χ2v) is 14.0. The molecule has 0 aromatic heterocycles. The topological polar surface area (TPSA) is 52.6 Å². The first-order valence-electron chi connectivity index (χ1n) is 15.4. The van der Waals surface area contributed by atoms with E-state index < -0.39 is 8.15 Å². The minimum Gasteiger partial charge on any atom is -0.459 e. The van der Waals surface area contributed by atoms with Gasteiger partial charge in [0, 0.05) is 22.6 Å². The molecule has 5 heteroatoms. The van der Waals surface area contributed by atoms with Crippen molar-refractivity contribution in [3.63, 3.8) is 0 Å². The van der Waals surface area contributed by atoms with Crippen LogP contribution in [-0.4, -0.2) is 24.5 Å². The highest BCUT2D eigenvalue weighted by molar-refractivity contribution is 7.68. The first kappa shape index (κ1) is 32.6. The van der Waals surface area contributed by atoms with Crippen molar-refractivity contribution in [1.82, 2.24) is 0 Å². The minimum absolute atomic E-state index is 0.119. The number of carbonyl (C=O) groups is 2. The highest BCUT2D eigenvalue weighted by Crippen LogP contribution is 2.44. The van der Waals surface area contributed by atoms with Crippen molar-refractivity contribution in [3.8, 4) is 0 Å². The van der Waals surface area contributed by atoms with Crippen LogP contribution < -0.4 is 10.6 Å². The summed E-state index contributed by atoms with van der Waals surface area (Å²) >= 11 is 0. The van der Waals surface area contributed by atoms with Crippen LogP contribution in [-0.2, 0) is 24.3 Å². The molecule has 0 heterocycles. The lowest BCUT2D eigenvalue weighted by atomic mass is 9.64. The first-order valence-corrected chi connectivity index (χ1v) is 16.7. The molecule has 226 valence electrons. The van der Waals surface area contributed by atoms with Gasteiger partial charge in [-0.3, -0.25) is 4.79 Å². The fourth-order valence-electron chi connectivity index (χ4n) is 5.98. The van der Waals surface area contributed by atoms with Crippen LogP contribution in [0.2, 0.25) is 0 Å². The Balaban J connectivity index is 1.54. The lowest BCUT2D eigenvalue weighted by Crippen LogP contribution is -2.43. The summed E-state index contributed by atoms with van der Waals surface area (Å²) in [5, 5.41) is 2.21. The molecule has 0 amide bonds. The van der Waals surface area contributed by atoms with Crippen LogP contribution in [0.1, 0.15) is 65.4 Å². The molecule has 1 aliphatic carbocycles. The van der Waals surface area contributed by atoms with Crippen molar-refractivity contribution < 1.29 is 18.8 Å². The lowest BCUT2D eigenvalue weighted by Gasteiger charge is -2.43. The summed E-state index contributed by atoms with van der Waals surface area (Å²) in [5.41, 5.74) is 1.84. The Bertz CT molecular complexity index is 1310. The standard InChI is InChI=1S/C38H45O4P/c1-29-23-25-35(38(3,4)31-16-8-5-9-17-31)36(27-29)41-37(40)26-24-32(18-14-15-30(2)28-39)42-43(33-19-10-6-11-20-33)34-21-12-7-13-22-34/h5-13,15-17,19-22,24,26,28-29,32,35-36H,14,18,23,25,27H2,1-4H3/b26-24-,30-15+/t29-,32+,35-,36-/m1/s1. The summed E-state index contributed by atoms with van der Waals surface area (Å²) < 4.78 is 13.0. The van der Waals surface area contributed by atoms with Gasteiger partial charge in [-0.1, -0.05) is 124 Å². The quantitative estimate of drug-likeness (QED) is 0.0863. The van der Waals surface area contributed by atoms with Gasteiger partial charge in [0.1, 0.15) is 12.4 Å². The molecular weight excluding hydrogens is 551 g/mol. The summed E-state index contributed by atoms with van der Waals surface area (Å²) in [5.74, 6) is 0.412. The van der Waals surface area contributed by atoms with Crippen LogP contribution in [0.15, 0.2) is 115 Å². The van der Waals surface area contributed by atoms with Gasteiger partial charge in [0.25, 0.3) is 0 Å². The van der Waals surface area contributed by atoms with E-state index in [-0.39, 0.29) is 29.5 Å². The largest absolute Gasteiger partial charge is 0.459 e. The predicted molar refractivity (Wildman–Crippen MR) is 178 cm³/mol. The molecule has 0 aliphatic heterocycles. The third-order valence-electron chi connectivity index (χ3n) is 8.54. The van der Waals surface area contributed by atoms with Crippen LogP contribution in [0, 0.1) is 11.8 Å². The molecule has 43 heavy (non-hydrogen) atoms. The average Bonchev–Trinajstić information content (AvgIpc) is 3.03. The van der Waals surface area contributed by atoms with Gasteiger partial charge in [0.05, 0.1) is 14.3 Å². The van der Waals surface area contributed by atoms with Crippen LogP contribution in [0.5, 0.6) is 0 Å². The average molecular weight is 597 g/mol. The van der Waals surface area contributed by atoms with Gasteiger partial charge in [-0.05, 0) is 61.2 Å². The van der Waals surface area contributed by atoms with Crippen LogP contribution in [0.4, 0.5) is 0 Å². The lowest BCUT2D eigenvalue weighted by molar-refractivity contribution is -0.150. The molecule has 0 unspecified atom stereocenters. The highest BCUT2D eigenvalue weighted by Gasteiger charge is 2.41. The Kier molecular flexibility index (Phi) is 12.1. The van der Waals surface area contributed by atoms with E-state index in [0.29, 0.717) is 24.3 Å². The molecule has 4 rings (SSSR count). The number of ether oxygens (including phenoxy) is 1. The number of esters is 1. The predicted octanol–water partition coefficient (Wildman–Crippen LogP) is 8.23. The molecule has 0 radical (unpaired) electrons. The Morgan fingerprint density at radius 3 is 2.09 bits per heavy atom. The zero-order valence-electron chi connectivity index (χ0n) is 25.9. The molecule has 3 aromatic carbocycles. The number of rotatable bonds is 13. The molecule has 0 saturated heterocycles. The number of allylic oxidation sites excluding steroid dienone is 2. The Morgan fingerprint density at radius 2 is 1.51 bits per heavy atom. The normalized spacial score (nSPS) is 20.2. The molecule has 0 spiro atoms.